The van der Waals surface area contributed by atoms with E-state index in [0.717, 1.165) is 12.0 Å². The number of piperidine rings is 3. The highest BCUT2D eigenvalue weighted by Crippen LogP contribution is 2.29. The van der Waals surface area contributed by atoms with E-state index in [-0.39, 0.29) is 0 Å². The number of rotatable bonds is 2. The molecule has 0 saturated carbocycles. The third-order valence-corrected chi connectivity index (χ3v) is 5.45. The van der Waals surface area contributed by atoms with Gasteiger partial charge in [-0.2, -0.15) is 0 Å². The minimum Gasteiger partial charge on any atom is -0.309 e. The summed E-state index contributed by atoms with van der Waals surface area (Å²) in [6.07, 6.45) is 6.65. The number of aryl methyl sites for hydroxylation is 1. The van der Waals surface area contributed by atoms with Crippen LogP contribution >= 0.6 is 0 Å². The van der Waals surface area contributed by atoms with Crippen molar-refractivity contribution in [2.75, 3.05) is 19.6 Å². The zero-order valence-corrected chi connectivity index (χ0v) is 11.6. The van der Waals surface area contributed by atoms with Gasteiger partial charge in [-0.1, -0.05) is 24.3 Å². The Kier molecular flexibility index (Phi) is 3.08. The second-order valence-corrected chi connectivity index (χ2v) is 6.62. The second kappa shape index (κ2) is 4.92. The summed E-state index contributed by atoms with van der Waals surface area (Å²) in [5, 5.41) is 3.99. The molecule has 2 heteroatoms. The Hall–Kier alpha value is -0.860. The molecule has 0 spiro atoms. The summed E-state index contributed by atoms with van der Waals surface area (Å²) in [6, 6.07) is 10.5. The van der Waals surface area contributed by atoms with Crippen molar-refractivity contribution in [3.05, 3.63) is 35.4 Å². The molecule has 5 rings (SSSR count). The highest BCUT2D eigenvalue weighted by atomic mass is 15.2. The number of hydrogen-bond acceptors (Lipinski definition) is 2. The largest absolute Gasteiger partial charge is 0.309 e. The summed E-state index contributed by atoms with van der Waals surface area (Å²) < 4.78 is 0. The first-order chi connectivity index (χ1) is 9.38. The summed E-state index contributed by atoms with van der Waals surface area (Å²) in [4.78, 5) is 2.65. The van der Waals surface area contributed by atoms with Gasteiger partial charge in [0.05, 0.1) is 0 Å². The van der Waals surface area contributed by atoms with Crippen molar-refractivity contribution >= 4 is 0 Å². The van der Waals surface area contributed by atoms with Crippen molar-refractivity contribution in [2.24, 2.45) is 5.92 Å². The Bertz CT molecular complexity index is 448. The van der Waals surface area contributed by atoms with Crippen molar-refractivity contribution in [3.8, 4) is 0 Å². The maximum Gasteiger partial charge on any atom is 0.0226 e. The lowest BCUT2D eigenvalue weighted by atomic mass is 9.82. The molecule has 2 atom stereocenters. The molecule has 0 radical (unpaired) electrons. The van der Waals surface area contributed by atoms with Gasteiger partial charge in [-0.15, -0.1) is 0 Å². The third kappa shape index (κ3) is 2.32. The Morgan fingerprint density at radius 3 is 2.53 bits per heavy atom. The molecule has 4 aliphatic rings. The van der Waals surface area contributed by atoms with Crippen LogP contribution in [0, 0.1) is 5.92 Å². The fourth-order valence-electron chi connectivity index (χ4n) is 4.30. The molecule has 2 bridgehead atoms. The summed E-state index contributed by atoms with van der Waals surface area (Å²) in [5.74, 6) is 0.946. The van der Waals surface area contributed by atoms with E-state index in [9.17, 15) is 0 Å². The summed E-state index contributed by atoms with van der Waals surface area (Å²) in [5.41, 5.74) is 3.15. The van der Waals surface area contributed by atoms with E-state index < -0.39 is 0 Å². The first kappa shape index (κ1) is 11.9. The van der Waals surface area contributed by atoms with Crippen LogP contribution in [0.5, 0.6) is 0 Å². The minimum atomic E-state index is 0.709. The highest BCUT2D eigenvalue weighted by Gasteiger charge is 2.35. The average Bonchev–Trinajstić information content (AvgIpc) is 2.48. The fourth-order valence-corrected chi connectivity index (χ4v) is 4.30. The van der Waals surface area contributed by atoms with Crippen molar-refractivity contribution in [1.82, 2.24) is 10.2 Å². The van der Waals surface area contributed by atoms with Gasteiger partial charge in [0.15, 0.2) is 0 Å². The van der Waals surface area contributed by atoms with Crippen LogP contribution in [0.25, 0.3) is 0 Å². The molecule has 3 aliphatic heterocycles. The molecule has 2 nitrogen and oxygen atoms in total. The highest BCUT2D eigenvalue weighted by molar-refractivity contribution is 5.30. The number of benzene rings is 1. The van der Waals surface area contributed by atoms with Gasteiger partial charge in [-0.25, -0.2) is 0 Å². The normalized spacial score (nSPS) is 37.1. The van der Waals surface area contributed by atoms with Gasteiger partial charge in [-0.05, 0) is 62.2 Å². The van der Waals surface area contributed by atoms with Gasteiger partial charge in [0, 0.05) is 18.6 Å². The van der Waals surface area contributed by atoms with Gasteiger partial charge >= 0.3 is 0 Å². The monoisotopic (exact) mass is 256 g/mol. The average molecular weight is 256 g/mol. The van der Waals surface area contributed by atoms with E-state index in [1.165, 1.54) is 51.7 Å². The van der Waals surface area contributed by atoms with Gasteiger partial charge in [-0.3, -0.25) is 0 Å². The van der Waals surface area contributed by atoms with Crippen LogP contribution in [0.2, 0.25) is 0 Å². The zero-order valence-electron chi connectivity index (χ0n) is 11.6. The molecule has 1 aromatic carbocycles. The molecule has 0 aromatic heterocycles. The standard InChI is InChI=1S/C17H24N2/c1-2-4-15-11-16(6-5-13(15)3-1)18-17-12-19-9-7-14(17)8-10-19/h1-4,14,16-18H,5-12H2. The van der Waals surface area contributed by atoms with Crippen LogP contribution in [0.3, 0.4) is 0 Å². The molecule has 0 amide bonds. The lowest BCUT2D eigenvalue weighted by Gasteiger charge is -2.46. The molecular weight excluding hydrogens is 232 g/mol. The van der Waals surface area contributed by atoms with Crippen LogP contribution in [0.15, 0.2) is 24.3 Å². The van der Waals surface area contributed by atoms with E-state index >= 15 is 0 Å². The topological polar surface area (TPSA) is 15.3 Å². The molecule has 102 valence electrons. The number of nitrogens with zero attached hydrogens (tertiary/aromatic N) is 1. The van der Waals surface area contributed by atoms with Gasteiger partial charge in [0.1, 0.15) is 0 Å². The first-order valence-electron chi connectivity index (χ1n) is 7.94. The molecule has 19 heavy (non-hydrogen) atoms. The van der Waals surface area contributed by atoms with Crippen molar-refractivity contribution in [1.29, 1.82) is 0 Å². The Morgan fingerprint density at radius 1 is 1.00 bits per heavy atom. The molecule has 3 saturated heterocycles. The summed E-state index contributed by atoms with van der Waals surface area (Å²) >= 11 is 0. The molecule has 3 heterocycles. The Morgan fingerprint density at radius 2 is 1.79 bits per heavy atom. The first-order valence-corrected chi connectivity index (χ1v) is 7.94. The van der Waals surface area contributed by atoms with E-state index in [1.807, 2.05) is 0 Å². The molecule has 2 unspecified atom stereocenters. The van der Waals surface area contributed by atoms with Gasteiger partial charge in [0.25, 0.3) is 0 Å². The minimum absolute atomic E-state index is 0.709. The quantitative estimate of drug-likeness (QED) is 0.873. The Labute approximate surface area is 116 Å². The van der Waals surface area contributed by atoms with Crippen LogP contribution < -0.4 is 5.32 Å². The molecule has 1 aliphatic carbocycles. The van der Waals surface area contributed by atoms with Crippen molar-refractivity contribution < 1.29 is 0 Å². The Balaban J connectivity index is 1.42. The number of hydrogen-bond donors (Lipinski definition) is 1. The van der Waals surface area contributed by atoms with E-state index in [1.54, 1.807) is 11.1 Å². The molecule has 1 aromatic rings. The summed E-state index contributed by atoms with van der Waals surface area (Å²) in [7, 11) is 0. The van der Waals surface area contributed by atoms with Gasteiger partial charge in [0.2, 0.25) is 0 Å². The third-order valence-electron chi connectivity index (χ3n) is 5.45. The SMILES string of the molecule is c1ccc2c(c1)CCC(NC1CN3CCC1CC3)C2. The smallest absolute Gasteiger partial charge is 0.0226 e. The van der Waals surface area contributed by atoms with Crippen LogP contribution in [-0.2, 0) is 12.8 Å². The lowest BCUT2D eigenvalue weighted by Crippen LogP contribution is -2.58. The summed E-state index contributed by atoms with van der Waals surface area (Å²) in [6.45, 7) is 3.98. The predicted octanol–water partition coefficient (Wildman–Crippen LogP) is 2.23. The molecule has 1 N–H and O–H groups in total. The second-order valence-electron chi connectivity index (χ2n) is 6.62. The van der Waals surface area contributed by atoms with E-state index in [2.05, 4.69) is 34.5 Å². The fraction of sp³-hybridized carbons (Fsp3) is 0.647. The zero-order chi connectivity index (χ0) is 12.7. The number of fused-ring (bicyclic) bond motifs is 4. The van der Waals surface area contributed by atoms with Crippen molar-refractivity contribution in [2.45, 2.75) is 44.2 Å². The van der Waals surface area contributed by atoms with Crippen LogP contribution in [-0.4, -0.2) is 36.6 Å². The van der Waals surface area contributed by atoms with E-state index in [0.29, 0.717) is 6.04 Å². The van der Waals surface area contributed by atoms with Crippen LogP contribution in [0.4, 0.5) is 0 Å². The molecule has 3 fully saturated rings. The van der Waals surface area contributed by atoms with Gasteiger partial charge < -0.3 is 10.2 Å². The number of nitrogens with one attached hydrogen (secondary N) is 1. The van der Waals surface area contributed by atoms with Crippen LogP contribution in [0.1, 0.15) is 30.4 Å². The maximum atomic E-state index is 3.99. The predicted molar refractivity (Wildman–Crippen MR) is 78.3 cm³/mol. The van der Waals surface area contributed by atoms with Crippen molar-refractivity contribution in [3.63, 3.8) is 0 Å². The molecular formula is C17H24N2. The van der Waals surface area contributed by atoms with E-state index in [4.69, 9.17) is 0 Å². The maximum absolute atomic E-state index is 3.99. The lowest BCUT2D eigenvalue weighted by molar-refractivity contribution is 0.0660.